The monoisotopic (exact) mass is 645 g/mol. The smallest absolute Gasteiger partial charge is 0.335 e. The van der Waals surface area contributed by atoms with Gasteiger partial charge in [0.05, 0.1) is 70.2 Å². The van der Waals surface area contributed by atoms with Crippen molar-refractivity contribution >= 4 is 41.0 Å². The summed E-state index contributed by atoms with van der Waals surface area (Å²) >= 11 is 0.951. The van der Waals surface area contributed by atoms with Crippen molar-refractivity contribution in [3.63, 3.8) is 0 Å². The first-order valence-corrected chi connectivity index (χ1v) is 15.2. The van der Waals surface area contributed by atoms with Gasteiger partial charge in [0.25, 0.3) is 0 Å². The number of fused-ring (bicyclic) bond motifs is 7. The van der Waals surface area contributed by atoms with Crippen molar-refractivity contribution < 1.29 is 54.2 Å². The molecule has 0 unspecified atom stereocenters. The van der Waals surface area contributed by atoms with Crippen molar-refractivity contribution in [3.8, 4) is 17.2 Å². The second-order valence-electron chi connectivity index (χ2n) is 11.7. The molecule has 6 N–H and O–H groups in total. The Morgan fingerprint density at radius 1 is 0.913 bits per heavy atom. The predicted octanol–water partition coefficient (Wildman–Crippen LogP) is 3.31. The molecule has 4 bridgehead atoms. The molecule has 3 aromatic carbocycles. The number of ketones is 2. The summed E-state index contributed by atoms with van der Waals surface area (Å²) in [6, 6.07) is 9.22. The van der Waals surface area contributed by atoms with Gasteiger partial charge in [-0.2, -0.15) is 0 Å². The number of nitrogens with one attached hydrogen (secondary N) is 1. The van der Waals surface area contributed by atoms with Gasteiger partial charge < -0.3 is 40.3 Å². The summed E-state index contributed by atoms with van der Waals surface area (Å²) in [4.78, 5) is 53.6. The van der Waals surface area contributed by atoms with Crippen molar-refractivity contribution in [3.05, 3.63) is 92.7 Å². The zero-order valence-electron chi connectivity index (χ0n) is 24.6. The largest absolute Gasteiger partial charge is 0.507 e. The molecule has 0 spiro atoms. The molecule has 12 nitrogen and oxygen atoms in total. The van der Waals surface area contributed by atoms with Crippen LogP contribution in [-0.2, 0) is 23.8 Å². The van der Waals surface area contributed by atoms with Gasteiger partial charge in [-0.1, -0.05) is 31.2 Å². The number of rotatable bonds is 5. The topological polar surface area (TPSA) is 200 Å². The number of carbonyl (C=O) groups is 4. The van der Waals surface area contributed by atoms with E-state index in [0.29, 0.717) is 11.1 Å². The first kappa shape index (κ1) is 29.7. The van der Waals surface area contributed by atoms with Crippen LogP contribution in [0.4, 0.5) is 5.69 Å². The van der Waals surface area contributed by atoms with Crippen molar-refractivity contribution in [2.45, 2.75) is 29.2 Å². The number of carbonyl (C=O) groups excluding carboxylic acids is 3. The van der Waals surface area contributed by atoms with Crippen LogP contribution in [0.1, 0.15) is 67.4 Å². The SMILES string of the molecule is COC(=O)CS[C@@]12c3cc(O)c4c(c3N[C@H]3c5ccccc5[C@H]1C(OC)=C(C(=O)O)[C@H](C)[C@]32O)C(=O)c1c(O)ccc(O)c1C4=O. The van der Waals surface area contributed by atoms with Crippen molar-refractivity contribution in [1.82, 2.24) is 0 Å². The minimum Gasteiger partial charge on any atom is -0.507 e. The molecule has 0 aromatic heterocycles. The molecule has 4 aliphatic rings. The number of ether oxygens (including phenoxy) is 2. The molecule has 0 fully saturated rings. The highest BCUT2D eigenvalue weighted by Crippen LogP contribution is 2.74. The summed E-state index contributed by atoms with van der Waals surface area (Å²) in [5, 5.41) is 59.6. The molecule has 46 heavy (non-hydrogen) atoms. The summed E-state index contributed by atoms with van der Waals surface area (Å²) in [5.41, 5.74) is -2.63. The number of carboxylic acid groups (broad SMARTS) is 1. The number of aliphatic hydroxyl groups is 1. The summed E-state index contributed by atoms with van der Waals surface area (Å²) in [6.07, 6.45) is 0. The van der Waals surface area contributed by atoms with Crippen LogP contribution in [0.15, 0.2) is 53.8 Å². The molecule has 5 atom stereocenters. The first-order valence-electron chi connectivity index (χ1n) is 14.2. The highest BCUT2D eigenvalue weighted by atomic mass is 32.2. The summed E-state index contributed by atoms with van der Waals surface area (Å²) < 4.78 is 9.06. The maximum atomic E-state index is 14.3. The van der Waals surface area contributed by atoms with Crippen LogP contribution in [0.3, 0.4) is 0 Å². The summed E-state index contributed by atoms with van der Waals surface area (Å²) in [5.74, 6) is -8.12. The number of benzene rings is 3. The van der Waals surface area contributed by atoms with E-state index in [1.807, 2.05) is 0 Å². The number of carboxylic acids is 1. The van der Waals surface area contributed by atoms with E-state index in [0.717, 1.165) is 23.9 Å². The average molecular weight is 646 g/mol. The van der Waals surface area contributed by atoms with Crippen LogP contribution in [-0.4, -0.2) is 74.6 Å². The van der Waals surface area contributed by atoms with Crippen molar-refractivity contribution in [1.29, 1.82) is 0 Å². The summed E-state index contributed by atoms with van der Waals surface area (Å²) in [6.45, 7) is 1.53. The Morgan fingerprint density at radius 2 is 1.50 bits per heavy atom. The third-order valence-corrected chi connectivity index (χ3v) is 11.5. The Kier molecular flexibility index (Phi) is 6.29. The van der Waals surface area contributed by atoms with Gasteiger partial charge in [0.2, 0.25) is 11.6 Å². The van der Waals surface area contributed by atoms with Crippen LogP contribution in [0, 0.1) is 5.92 Å². The lowest BCUT2D eigenvalue weighted by molar-refractivity contribution is -0.140. The van der Waals surface area contributed by atoms with E-state index >= 15 is 0 Å². The number of hydrogen-bond acceptors (Lipinski definition) is 12. The number of aliphatic carboxylic acids is 1. The maximum Gasteiger partial charge on any atom is 0.335 e. The second-order valence-corrected chi connectivity index (χ2v) is 12.9. The van der Waals surface area contributed by atoms with E-state index < -0.39 is 85.7 Å². The Hall–Kier alpha value is -5.01. The molecular formula is C33H27NO11S. The lowest BCUT2D eigenvalue weighted by Gasteiger charge is -2.65. The number of phenols is 3. The minimum atomic E-state index is -2.05. The van der Waals surface area contributed by atoms with E-state index in [2.05, 4.69) is 5.32 Å². The minimum absolute atomic E-state index is 0.00770. The maximum absolute atomic E-state index is 14.3. The van der Waals surface area contributed by atoms with E-state index in [4.69, 9.17) is 9.47 Å². The highest BCUT2D eigenvalue weighted by molar-refractivity contribution is 8.01. The van der Waals surface area contributed by atoms with E-state index in [-0.39, 0.29) is 33.9 Å². The zero-order chi connectivity index (χ0) is 33.0. The predicted molar refractivity (Wildman–Crippen MR) is 162 cm³/mol. The number of hydrogen-bond donors (Lipinski definition) is 6. The fourth-order valence-electron chi connectivity index (χ4n) is 8.01. The molecule has 3 aromatic rings. The van der Waals surface area contributed by atoms with E-state index in [1.54, 1.807) is 24.3 Å². The molecule has 1 heterocycles. The molecule has 7 rings (SSSR count). The van der Waals surface area contributed by atoms with Gasteiger partial charge in [-0.15, -0.1) is 11.8 Å². The van der Waals surface area contributed by atoms with Crippen LogP contribution < -0.4 is 5.32 Å². The number of thioether (sulfide) groups is 1. The van der Waals surface area contributed by atoms with Crippen molar-refractivity contribution in [2.75, 3.05) is 25.3 Å². The average Bonchev–Trinajstić information content (AvgIpc) is 3.02. The molecular weight excluding hydrogens is 618 g/mol. The fourth-order valence-corrected chi connectivity index (χ4v) is 9.72. The van der Waals surface area contributed by atoms with Crippen LogP contribution in [0.25, 0.3) is 0 Å². The van der Waals surface area contributed by atoms with Gasteiger partial charge in [0, 0.05) is 5.92 Å². The molecule has 0 saturated heterocycles. The Bertz CT molecular complexity index is 1990. The van der Waals surface area contributed by atoms with Gasteiger partial charge >= 0.3 is 11.9 Å². The number of allylic oxidation sites excluding steroid dienone is 1. The van der Waals surface area contributed by atoms with Crippen LogP contribution in [0.5, 0.6) is 17.2 Å². The third kappa shape index (κ3) is 3.33. The number of aromatic hydroxyl groups is 3. The highest BCUT2D eigenvalue weighted by Gasteiger charge is 2.74. The molecule has 3 aliphatic carbocycles. The number of phenolic OH excluding ortho intramolecular Hbond substituents is 3. The standard InChI is InChI=1S/C33H27NO11S/c1-12-20(31(41)42)29(45-3)25-13-6-4-5-7-14(13)30-32(12,43)33(25,46-11-19(38)44-2)15-10-18(37)23-24(26(15)34-30)28(40)22-17(36)9-8-16(35)21(22)27(23)39/h4-10,12,25,30,34-37,43H,11H2,1-3H3,(H,41,42)/t12-,25-,30-,32-,33-/m0/s1. The molecule has 1 aliphatic heterocycles. The van der Waals surface area contributed by atoms with Crippen molar-refractivity contribution in [2.24, 2.45) is 5.92 Å². The van der Waals surface area contributed by atoms with E-state index in [9.17, 15) is 44.7 Å². The third-order valence-electron chi connectivity index (χ3n) is 9.84. The van der Waals surface area contributed by atoms with Crippen LogP contribution >= 0.6 is 11.8 Å². The Labute approximate surface area is 265 Å². The van der Waals surface area contributed by atoms with Gasteiger partial charge in [-0.25, -0.2) is 4.79 Å². The molecule has 0 radical (unpaired) electrons. The van der Waals surface area contributed by atoms with Gasteiger partial charge in [0.15, 0.2) is 0 Å². The van der Waals surface area contributed by atoms with Crippen LogP contribution in [0.2, 0.25) is 0 Å². The molecule has 13 heteroatoms. The zero-order valence-corrected chi connectivity index (χ0v) is 25.4. The Morgan fingerprint density at radius 3 is 2.09 bits per heavy atom. The number of esters is 1. The van der Waals surface area contributed by atoms with Gasteiger partial charge in [-0.3, -0.25) is 14.4 Å². The van der Waals surface area contributed by atoms with Gasteiger partial charge in [-0.05, 0) is 34.9 Å². The number of methoxy groups -OCH3 is 2. The first-order chi connectivity index (χ1) is 21.9. The second kappa shape index (κ2) is 9.74. The summed E-state index contributed by atoms with van der Waals surface area (Å²) in [7, 11) is 2.51. The lowest BCUT2D eigenvalue weighted by Crippen LogP contribution is -2.70. The molecule has 0 amide bonds. The molecule has 236 valence electrons. The fraction of sp³-hybridized carbons (Fsp3) is 0.273. The number of anilines is 1. The lowest BCUT2D eigenvalue weighted by atomic mass is 9.50. The Balaban J connectivity index is 1.64. The molecule has 0 saturated carbocycles. The van der Waals surface area contributed by atoms with E-state index in [1.165, 1.54) is 27.2 Å². The van der Waals surface area contributed by atoms with Gasteiger partial charge in [0.1, 0.15) is 28.6 Å². The quantitative estimate of drug-likeness (QED) is 0.137. The normalized spacial score (nSPS) is 26.7.